The van der Waals surface area contributed by atoms with Crippen LogP contribution in [0.5, 0.6) is 0 Å². The third kappa shape index (κ3) is 3.72. The van der Waals surface area contributed by atoms with Crippen molar-refractivity contribution in [3.63, 3.8) is 0 Å². The summed E-state index contributed by atoms with van der Waals surface area (Å²) in [4.78, 5) is 54.6. The molecular weight excluding hydrogens is 318 g/mol. The fraction of sp³-hybridized carbons (Fsp3) is 0.286. The summed E-state index contributed by atoms with van der Waals surface area (Å²) in [6.07, 6.45) is 2.63. The van der Waals surface area contributed by atoms with Crippen molar-refractivity contribution >= 4 is 17.7 Å². The molecule has 0 unspecified atom stereocenters. The SMILES string of the molecule is Cc1cnc(C(=O)OCC(=O)Nc2cc(=O)n(C)c(=O)n2C)cn1. The fourth-order valence-corrected chi connectivity index (χ4v) is 1.73. The minimum Gasteiger partial charge on any atom is -0.451 e. The Morgan fingerprint density at radius 1 is 1.17 bits per heavy atom. The first-order valence-corrected chi connectivity index (χ1v) is 6.82. The van der Waals surface area contributed by atoms with Gasteiger partial charge in [0.1, 0.15) is 5.82 Å². The molecule has 10 nitrogen and oxygen atoms in total. The van der Waals surface area contributed by atoms with Crippen LogP contribution in [0.15, 0.2) is 28.0 Å². The lowest BCUT2D eigenvalue weighted by molar-refractivity contribution is -0.119. The summed E-state index contributed by atoms with van der Waals surface area (Å²) in [5.41, 5.74) is -0.560. The van der Waals surface area contributed by atoms with Gasteiger partial charge >= 0.3 is 11.7 Å². The molecule has 0 fully saturated rings. The quantitative estimate of drug-likeness (QED) is 0.710. The van der Waals surface area contributed by atoms with Gasteiger partial charge in [-0.15, -0.1) is 0 Å². The number of amides is 1. The number of aryl methyl sites for hydroxylation is 1. The molecule has 0 aliphatic carbocycles. The van der Waals surface area contributed by atoms with E-state index >= 15 is 0 Å². The standard InChI is InChI=1S/C14H15N5O5/c1-8-5-16-9(6-15-8)13(22)24-7-11(20)17-10-4-12(21)19(3)14(23)18(10)2/h4-6H,7H2,1-3H3,(H,17,20). The summed E-state index contributed by atoms with van der Waals surface area (Å²) in [5, 5.41) is 2.33. The van der Waals surface area contributed by atoms with Gasteiger partial charge in [-0.25, -0.2) is 14.6 Å². The highest BCUT2D eigenvalue weighted by Gasteiger charge is 2.14. The number of hydrogen-bond acceptors (Lipinski definition) is 7. The lowest BCUT2D eigenvalue weighted by Gasteiger charge is -2.10. The molecule has 0 aliphatic heterocycles. The summed E-state index contributed by atoms with van der Waals surface area (Å²) in [5.74, 6) is -1.51. The van der Waals surface area contributed by atoms with Gasteiger partial charge in [0.15, 0.2) is 12.3 Å². The minimum absolute atomic E-state index is 0.000670. The van der Waals surface area contributed by atoms with Gasteiger partial charge in [0, 0.05) is 26.4 Å². The van der Waals surface area contributed by atoms with Crippen LogP contribution in [0.2, 0.25) is 0 Å². The van der Waals surface area contributed by atoms with E-state index in [-0.39, 0.29) is 11.5 Å². The van der Waals surface area contributed by atoms with Crippen molar-refractivity contribution in [2.75, 3.05) is 11.9 Å². The fourth-order valence-electron chi connectivity index (χ4n) is 1.73. The van der Waals surface area contributed by atoms with E-state index < -0.39 is 29.7 Å². The Balaban J connectivity index is 2.02. The van der Waals surface area contributed by atoms with Gasteiger partial charge < -0.3 is 10.1 Å². The number of aromatic nitrogens is 4. The topological polar surface area (TPSA) is 125 Å². The van der Waals surface area contributed by atoms with Crippen LogP contribution in [0, 0.1) is 6.92 Å². The number of nitrogens with one attached hydrogen (secondary N) is 1. The highest BCUT2D eigenvalue weighted by Crippen LogP contribution is 2.00. The largest absolute Gasteiger partial charge is 0.451 e. The molecule has 0 atom stereocenters. The smallest absolute Gasteiger partial charge is 0.359 e. The zero-order valence-electron chi connectivity index (χ0n) is 13.3. The molecule has 0 bridgehead atoms. The van der Waals surface area contributed by atoms with E-state index in [4.69, 9.17) is 4.74 Å². The van der Waals surface area contributed by atoms with Crippen LogP contribution in [0.1, 0.15) is 16.2 Å². The predicted octanol–water partition coefficient (Wildman–Crippen LogP) is -1.02. The molecular formula is C14H15N5O5. The van der Waals surface area contributed by atoms with E-state index in [0.29, 0.717) is 5.69 Å². The molecule has 0 spiro atoms. The van der Waals surface area contributed by atoms with Crippen molar-refractivity contribution in [3.05, 3.63) is 50.7 Å². The Hall–Kier alpha value is -3.30. The number of carbonyl (C=O) groups excluding carboxylic acids is 2. The maximum atomic E-state index is 11.8. The molecule has 2 aromatic rings. The van der Waals surface area contributed by atoms with Gasteiger partial charge in [-0.2, -0.15) is 0 Å². The van der Waals surface area contributed by atoms with E-state index in [2.05, 4.69) is 15.3 Å². The molecule has 1 amide bonds. The van der Waals surface area contributed by atoms with Crippen LogP contribution < -0.4 is 16.6 Å². The third-order valence-corrected chi connectivity index (χ3v) is 3.12. The number of nitrogens with zero attached hydrogens (tertiary/aromatic N) is 4. The summed E-state index contributed by atoms with van der Waals surface area (Å²) < 4.78 is 6.79. The molecule has 126 valence electrons. The van der Waals surface area contributed by atoms with Crippen LogP contribution in [0.4, 0.5) is 5.82 Å². The Morgan fingerprint density at radius 2 is 1.88 bits per heavy atom. The van der Waals surface area contributed by atoms with Crippen LogP contribution in [0.25, 0.3) is 0 Å². The molecule has 0 radical (unpaired) electrons. The van der Waals surface area contributed by atoms with Crippen molar-refractivity contribution in [3.8, 4) is 0 Å². The van der Waals surface area contributed by atoms with E-state index in [0.717, 1.165) is 15.2 Å². The van der Waals surface area contributed by atoms with E-state index in [9.17, 15) is 19.2 Å². The van der Waals surface area contributed by atoms with Gasteiger partial charge in [-0.1, -0.05) is 0 Å². The van der Waals surface area contributed by atoms with Crippen molar-refractivity contribution in [1.82, 2.24) is 19.1 Å². The molecule has 10 heteroatoms. The number of esters is 1. The summed E-state index contributed by atoms with van der Waals surface area (Å²) in [7, 11) is 2.71. The first-order chi connectivity index (χ1) is 11.3. The number of hydrogen-bond donors (Lipinski definition) is 1. The average molecular weight is 333 g/mol. The molecule has 0 saturated carbocycles. The Morgan fingerprint density at radius 3 is 2.50 bits per heavy atom. The zero-order chi connectivity index (χ0) is 17.9. The second-order valence-corrected chi connectivity index (χ2v) is 4.94. The highest BCUT2D eigenvalue weighted by molar-refractivity contribution is 5.94. The first kappa shape index (κ1) is 17.1. The predicted molar refractivity (Wildman–Crippen MR) is 82.6 cm³/mol. The second kappa shape index (κ2) is 6.86. The Bertz CT molecular complexity index is 897. The number of rotatable bonds is 4. The van der Waals surface area contributed by atoms with Crippen molar-refractivity contribution in [1.29, 1.82) is 0 Å². The molecule has 0 aliphatic rings. The molecule has 24 heavy (non-hydrogen) atoms. The van der Waals surface area contributed by atoms with Crippen molar-refractivity contribution in [2.45, 2.75) is 6.92 Å². The molecule has 2 heterocycles. The van der Waals surface area contributed by atoms with Crippen molar-refractivity contribution < 1.29 is 14.3 Å². The van der Waals surface area contributed by atoms with E-state index in [1.54, 1.807) is 6.92 Å². The molecule has 0 saturated heterocycles. The summed E-state index contributed by atoms with van der Waals surface area (Å²) in [6.45, 7) is 1.11. The Kier molecular flexibility index (Phi) is 4.87. The molecule has 0 aromatic carbocycles. The summed E-state index contributed by atoms with van der Waals surface area (Å²) in [6, 6.07) is 1.09. The maximum Gasteiger partial charge on any atom is 0.359 e. The molecule has 2 rings (SSSR count). The van der Waals surface area contributed by atoms with E-state index in [1.165, 1.54) is 26.5 Å². The molecule has 2 aromatic heterocycles. The highest BCUT2D eigenvalue weighted by atomic mass is 16.5. The monoisotopic (exact) mass is 333 g/mol. The van der Waals surface area contributed by atoms with Crippen molar-refractivity contribution in [2.24, 2.45) is 14.1 Å². The van der Waals surface area contributed by atoms with Crippen LogP contribution in [-0.4, -0.2) is 37.6 Å². The maximum absolute atomic E-state index is 11.8. The second-order valence-electron chi connectivity index (χ2n) is 4.94. The van der Waals surface area contributed by atoms with Gasteiger partial charge in [0.05, 0.1) is 11.9 Å². The van der Waals surface area contributed by atoms with Gasteiger partial charge in [0.2, 0.25) is 0 Å². The normalized spacial score (nSPS) is 10.3. The Labute approximate surface area is 135 Å². The number of carbonyl (C=O) groups is 2. The summed E-state index contributed by atoms with van der Waals surface area (Å²) >= 11 is 0. The van der Waals surface area contributed by atoms with Crippen LogP contribution >= 0.6 is 0 Å². The minimum atomic E-state index is -0.810. The van der Waals surface area contributed by atoms with Gasteiger partial charge in [-0.3, -0.25) is 23.7 Å². The van der Waals surface area contributed by atoms with E-state index in [1.807, 2.05) is 0 Å². The van der Waals surface area contributed by atoms with Crippen LogP contribution in [0.3, 0.4) is 0 Å². The van der Waals surface area contributed by atoms with Gasteiger partial charge in [-0.05, 0) is 6.92 Å². The average Bonchev–Trinajstić information content (AvgIpc) is 2.56. The molecule has 1 N–H and O–H groups in total. The van der Waals surface area contributed by atoms with Gasteiger partial charge in [0.25, 0.3) is 11.5 Å². The van der Waals surface area contributed by atoms with Crippen LogP contribution in [-0.2, 0) is 23.6 Å². The first-order valence-electron chi connectivity index (χ1n) is 6.82. The lowest BCUT2D eigenvalue weighted by atomic mass is 10.4. The number of anilines is 1. The lowest BCUT2D eigenvalue weighted by Crippen LogP contribution is -2.38. The number of ether oxygens (including phenoxy) is 1. The zero-order valence-corrected chi connectivity index (χ0v) is 13.3. The third-order valence-electron chi connectivity index (χ3n) is 3.12.